The van der Waals surface area contributed by atoms with Crippen molar-refractivity contribution in [3.63, 3.8) is 0 Å². The maximum absolute atomic E-state index is 12.7. The highest BCUT2D eigenvalue weighted by Gasteiger charge is 2.37. The number of fused-ring (bicyclic) bond motifs is 1. The third kappa shape index (κ3) is 4.49. The Bertz CT molecular complexity index is 1200. The summed E-state index contributed by atoms with van der Waals surface area (Å²) in [6, 6.07) is 13.2. The number of nitrogens with zero attached hydrogens (tertiary/aromatic N) is 2. The first kappa shape index (κ1) is 22.2. The van der Waals surface area contributed by atoms with E-state index in [1.807, 2.05) is 24.3 Å². The van der Waals surface area contributed by atoms with E-state index in [1.165, 1.54) is 6.92 Å². The zero-order valence-electron chi connectivity index (χ0n) is 18.5. The Balaban J connectivity index is 1.57. The largest absolute Gasteiger partial charge is 0.497 e. The van der Waals surface area contributed by atoms with Gasteiger partial charge in [-0.3, -0.25) is 14.4 Å². The number of benzene rings is 2. The molecule has 170 valence electrons. The van der Waals surface area contributed by atoms with E-state index in [9.17, 15) is 14.4 Å². The van der Waals surface area contributed by atoms with Gasteiger partial charge in [-0.25, -0.2) is 4.68 Å². The molecule has 4 rings (SSSR count). The van der Waals surface area contributed by atoms with Crippen molar-refractivity contribution in [2.75, 3.05) is 24.9 Å². The minimum absolute atomic E-state index is 0.0544. The van der Waals surface area contributed by atoms with Gasteiger partial charge in [-0.15, -0.1) is 0 Å². The van der Waals surface area contributed by atoms with Gasteiger partial charge in [0.15, 0.2) is 5.78 Å². The van der Waals surface area contributed by atoms with Gasteiger partial charge in [0.25, 0.3) is 5.91 Å². The molecule has 0 fully saturated rings. The van der Waals surface area contributed by atoms with Crippen LogP contribution in [0.4, 0.5) is 11.5 Å². The summed E-state index contributed by atoms with van der Waals surface area (Å²) in [5, 5.41) is 10.2. The van der Waals surface area contributed by atoms with Crippen molar-refractivity contribution in [1.29, 1.82) is 0 Å². The fourth-order valence-corrected chi connectivity index (χ4v) is 3.79. The summed E-state index contributed by atoms with van der Waals surface area (Å²) < 4.78 is 12.1. The molecule has 0 bridgehead atoms. The Morgan fingerprint density at radius 2 is 1.79 bits per heavy atom. The summed E-state index contributed by atoms with van der Waals surface area (Å²) in [6.45, 7) is 1.73. The molecule has 0 saturated carbocycles. The number of ether oxygens (including phenoxy) is 2. The monoisotopic (exact) mass is 448 g/mol. The highest BCUT2D eigenvalue weighted by atomic mass is 16.5. The average Bonchev–Trinajstić information content (AvgIpc) is 3.29. The van der Waals surface area contributed by atoms with E-state index >= 15 is 0 Å². The lowest BCUT2D eigenvalue weighted by Gasteiger charge is -2.10. The standard InChI is InChI=1S/C24H24N4O5/c1-14(29)15-4-8-17(9-5-15)25-21(30)12-20-24(31)26-23-22(19(13-32-2)27-28(20)23)16-6-10-18(33-3)11-7-16/h4-11,20H,12-13H2,1-3H3,(H,25,30)(H,26,31). The average molecular weight is 448 g/mol. The van der Waals surface area contributed by atoms with E-state index in [2.05, 4.69) is 15.7 Å². The molecule has 9 nitrogen and oxygen atoms in total. The molecule has 3 aromatic rings. The van der Waals surface area contributed by atoms with Crippen molar-refractivity contribution in [2.45, 2.75) is 26.0 Å². The minimum Gasteiger partial charge on any atom is -0.497 e. The highest BCUT2D eigenvalue weighted by Crippen LogP contribution is 2.39. The van der Waals surface area contributed by atoms with Crippen LogP contribution in [-0.2, 0) is 20.9 Å². The summed E-state index contributed by atoms with van der Waals surface area (Å²) in [5.41, 5.74) is 3.35. The van der Waals surface area contributed by atoms with Crippen LogP contribution in [0, 0.1) is 0 Å². The number of anilines is 2. The van der Waals surface area contributed by atoms with Crippen LogP contribution in [0.15, 0.2) is 48.5 Å². The maximum Gasteiger partial charge on any atom is 0.251 e. The van der Waals surface area contributed by atoms with Crippen molar-refractivity contribution >= 4 is 29.1 Å². The van der Waals surface area contributed by atoms with Gasteiger partial charge in [-0.1, -0.05) is 12.1 Å². The van der Waals surface area contributed by atoms with Crippen LogP contribution in [0.5, 0.6) is 5.75 Å². The van der Waals surface area contributed by atoms with Gasteiger partial charge in [0.1, 0.15) is 17.6 Å². The lowest BCUT2D eigenvalue weighted by molar-refractivity contribution is -0.123. The van der Waals surface area contributed by atoms with Gasteiger partial charge in [0.05, 0.1) is 25.8 Å². The highest BCUT2D eigenvalue weighted by molar-refractivity contribution is 6.04. The second-order valence-corrected chi connectivity index (χ2v) is 7.67. The quantitative estimate of drug-likeness (QED) is 0.511. The predicted octanol–water partition coefficient (Wildman–Crippen LogP) is 3.43. The summed E-state index contributed by atoms with van der Waals surface area (Å²) in [7, 11) is 3.17. The zero-order valence-corrected chi connectivity index (χ0v) is 18.5. The molecule has 0 saturated heterocycles. The van der Waals surface area contributed by atoms with Gasteiger partial charge >= 0.3 is 0 Å². The topological polar surface area (TPSA) is 112 Å². The fraction of sp³-hybridized carbons (Fsp3) is 0.250. The van der Waals surface area contributed by atoms with Crippen LogP contribution in [0.2, 0.25) is 0 Å². The second-order valence-electron chi connectivity index (χ2n) is 7.67. The molecular formula is C24H24N4O5. The Morgan fingerprint density at radius 1 is 1.09 bits per heavy atom. The van der Waals surface area contributed by atoms with Crippen molar-refractivity contribution < 1.29 is 23.9 Å². The van der Waals surface area contributed by atoms with E-state index in [-0.39, 0.29) is 30.6 Å². The minimum atomic E-state index is -0.793. The Hall–Kier alpha value is -3.98. The molecule has 1 aliphatic heterocycles. The van der Waals surface area contributed by atoms with Crippen LogP contribution in [0.25, 0.3) is 11.1 Å². The van der Waals surface area contributed by atoms with Gasteiger partial charge in [-0.2, -0.15) is 5.10 Å². The lowest BCUT2D eigenvalue weighted by atomic mass is 10.1. The maximum atomic E-state index is 12.7. The van der Waals surface area contributed by atoms with Crippen molar-refractivity contribution in [2.24, 2.45) is 0 Å². The van der Waals surface area contributed by atoms with Crippen LogP contribution in [-0.4, -0.2) is 41.6 Å². The Kier molecular flexibility index (Phi) is 6.23. The van der Waals surface area contributed by atoms with Gasteiger partial charge in [-0.05, 0) is 48.9 Å². The summed E-state index contributed by atoms with van der Waals surface area (Å²) in [5.74, 6) is 0.541. The van der Waals surface area contributed by atoms with E-state index in [1.54, 1.807) is 43.2 Å². The molecule has 2 amide bonds. The Morgan fingerprint density at radius 3 is 2.39 bits per heavy atom. The fourth-order valence-electron chi connectivity index (χ4n) is 3.79. The second kappa shape index (κ2) is 9.25. The van der Waals surface area contributed by atoms with Crippen LogP contribution >= 0.6 is 0 Å². The van der Waals surface area contributed by atoms with E-state index < -0.39 is 6.04 Å². The van der Waals surface area contributed by atoms with Gasteiger partial charge in [0.2, 0.25) is 5.91 Å². The predicted molar refractivity (Wildman–Crippen MR) is 122 cm³/mol. The first-order valence-corrected chi connectivity index (χ1v) is 10.4. The first-order valence-electron chi connectivity index (χ1n) is 10.4. The molecule has 2 heterocycles. The number of carbonyl (C=O) groups excluding carboxylic acids is 3. The van der Waals surface area contributed by atoms with E-state index in [4.69, 9.17) is 9.47 Å². The molecule has 1 atom stereocenters. The number of hydrogen-bond donors (Lipinski definition) is 2. The first-order chi connectivity index (χ1) is 15.9. The molecule has 33 heavy (non-hydrogen) atoms. The molecule has 1 aromatic heterocycles. The number of hydrogen-bond acceptors (Lipinski definition) is 6. The molecule has 1 unspecified atom stereocenters. The van der Waals surface area contributed by atoms with Crippen LogP contribution in [0.1, 0.15) is 35.4 Å². The van der Waals surface area contributed by atoms with Gasteiger partial charge in [0, 0.05) is 23.9 Å². The molecule has 0 aliphatic carbocycles. The molecule has 1 aliphatic rings. The number of nitrogens with one attached hydrogen (secondary N) is 2. The summed E-state index contributed by atoms with van der Waals surface area (Å²) in [6.07, 6.45) is -0.0938. The zero-order chi connectivity index (χ0) is 23.5. The van der Waals surface area contributed by atoms with E-state index in [0.717, 1.165) is 11.1 Å². The molecule has 2 N–H and O–H groups in total. The van der Waals surface area contributed by atoms with Gasteiger partial charge < -0.3 is 20.1 Å². The summed E-state index contributed by atoms with van der Waals surface area (Å²) >= 11 is 0. The number of carbonyl (C=O) groups is 3. The van der Waals surface area contributed by atoms with E-state index in [0.29, 0.717) is 28.5 Å². The van der Waals surface area contributed by atoms with Crippen LogP contribution < -0.4 is 15.4 Å². The third-order valence-corrected chi connectivity index (χ3v) is 5.44. The van der Waals surface area contributed by atoms with Crippen LogP contribution in [0.3, 0.4) is 0 Å². The number of aromatic nitrogens is 2. The molecular weight excluding hydrogens is 424 g/mol. The Labute approximate surface area is 190 Å². The molecule has 0 spiro atoms. The SMILES string of the molecule is COCc1nn2c(c1-c1ccc(OC)cc1)NC(=O)C2CC(=O)Nc1ccc(C(C)=O)cc1. The normalized spacial score (nSPS) is 14.5. The molecule has 0 radical (unpaired) electrons. The number of ketones is 1. The smallest absolute Gasteiger partial charge is 0.251 e. The van der Waals surface area contributed by atoms with Crippen molar-refractivity contribution in [3.05, 3.63) is 59.8 Å². The third-order valence-electron chi connectivity index (χ3n) is 5.44. The number of rotatable bonds is 8. The molecule has 2 aromatic carbocycles. The van der Waals surface area contributed by atoms with Crippen molar-refractivity contribution in [1.82, 2.24) is 9.78 Å². The number of Topliss-reactive ketones (excluding diaryl/α,β-unsaturated/α-hetero) is 1. The van der Waals surface area contributed by atoms with Crippen molar-refractivity contribution in [3.8, 4) is 16.9 Å². The lowest BCUT2D eigenvalue weighted by Crippen LogP contribution is -2.24. The summed E-state index contributed by atoms with van der Waals surface area (Å²) in [4.78, 5) is 36.8. The molecule has 9 heteroatoms. The number of methoxy groups -OCH3 is 2. The number of amides is 2.